The first kappa shape index (κ1) is 17.9. The maximum Gasteiger partial charge on any atom is 0.269 e. The number of para-hydroxylation sites is 1. The number of non-ortho nitro benzene ring substituents is 1. The molecule has 0 fully saturated rings. The number of ether oxygens (including phenoxy) is 1. The lowest BCUT2D eigenvalue weighted by atomic mass is 10.0. The van der Waals surface area contributed by atoms with Crippen LogP contribution in [0.25, 0.3) is 0 Å². The van der Waals surface area contributed by atoms with Gasteiger partial charge in [-0.15, -0.1) is 0 Å². The Balaban J connectivity index is 2.12. The maximum absolute atomic E-state index is 10.9. The number of hydrogen-bond donors (Lipinski definition) is 1. The first-order chi connectivity index (χ1) is 11.4. The summed E-state index contributed by atoms with van der Waals surface area (Å²) < 4.78 is 5.38. The number of aliphatic hydroxyl groups is 1. The van der Waals surface area contributed by atoms with Crippen molar-refractivity contribution in [1.82, 2.24) is 4.90 Å². The maximum atomic E-state index is 10.9. The zero-order valence-corrected chi connectivity index (χ0v) is 14.0. The fourth-order valence-corrected chi connectivity index (χ4v) is 2.63. The SMILES string of the molecule is COc1ccccc1[C@@H](C)N(C)C[C@@H](O)c1cccc([N+](=O)[O-])c1. The molecule has 6 heteroatoms. The number of nitrogens with zero attached hydrogens (tertiary/aromatic N) is 2. The van der Waals surface area contributed by atoms with Gasteiger partial charge in [-0.2, -0.15) is 0 Å². The van der Waals surface area contributed by atoms with Gasteiger partial charge in [0.05, 0.1) is 18.1 Å². The monoisotopic (exact) mass is 330 g/mol. The van der Waals surface area contributed by atoms with Gasteiger partial charge in [-0.1, -0.05) is 30.3 Å². The minimum Gasteiger partial charge on any atom is -0.496 e. The Bertz CT molecular complexity index is 705. The third kappa shape index (κ3) is 4.10. The number of aliphatic hydroxyl groups excluding tert-OH is 1. The first-order valence-corrected chi connectivity index (χ1v) is 7.69. The Labute approximate surface area is 141 Å². The van der Waals surface area contributed by atoms with Crippen LogP contribution in [0.15, 0.2) is 48.5 Å². The predicted octanol–water partition coefficient (Wildman–Crippen LogP) is 3.33. The molecule has 0 saturated carbocycles. The van der Waals surface area contributed by atoms with Crippen LogP contribution in [-0.2, 0) is 0 Å². The predicted molar refractivity (Wildman–Crippen MR) is 92.1 cm³/mol. The summed E-state index contributed by atoms with van der Waals surface area (Å²) in [6, 6.07) is 13.9. The molecule has 0 spiro atoms. The van der Waals surface area contributed by atoms with Gasteiger partial charge < -0.3 is 9.84 Å². The topological polar surface area (TPSA) is 75.8 Å². The Morgan fingerprint density at radius 3 is 2.62 bits per heavy atom. The first-order valence-electron chi connectivity index (χ1n) is 7.69. The van der Waals surface area contributed by atoms with Gasteiger partial charge in [0.25, 0.3) is 5.69 Å². The van der Waals surface area contributed by atoms with E-state index in [-0.39, 0.29) is 11.7 Å². The van der Waals surface area contributed by atoms with Crippen molar-refractivity contribution in [2.24, 2.45) is 0 Å². The van der Waals surface area contributed by atoms with Gasteiger partial charge in [0.2, 0.25) is 0 Å². The van der Waals surface area contributed by atoms with E-state index in [1.807, 2.05) is 43.1 Å². The number of nitro groups is 1. The molecule has 0 aliphatic rings. The van der Waals surface area contributed by atoms with Gasteiger partial charge in [-0.25, -0.2) is 0 Å². The molecule has 6 nitrogen and oxygen atoms in total. The van der Waals surface area contributed by atoms with Crippen molar-refractivity contribution in [3.05, 3.63) is 69.8 Å². The molecule has 2 atom stereocenters. The van der Waals surface area contributed by atoms with E-state index in [1.54, 1.807) is 19.2 Å². The molecule has 0 saturated heterocycles. The molecule has 0 unspecified atom stereocenters. The minimum absolute atomic E-state index is 0.0213. The Morgan fingerprint density at radius 2 is 1.96 bits per heavy atom. The van der Waals surface area contributed by atoms with Gasteiger partial charge in [0.15, 0.2) is 0 Å². The molecule has 128 valence electrons. The van der Waals surface area contributed by atoms with E-state index in [9.17, 15) is 15.2 Å². The number of rotatable bonds is 7. The smallest absolute Gasteiger partial charge is 0.269 e. The largest absolute Gasteiger partial charge is 0.496 e. The Kier molecular flexibility index (Phi) is 5.89. The molecule has 2 aromatic carbocycles. The van der Waals surface area contributed by atoms with E-state index >= 15 is 0 Å². The van der Waals surface area contributed by atoms with E-state index in [1.165, 1.54) is 12.1 Å². The lowest BCUT2D eigenvalue weighted by Gasteiger charge is -2.28. The van der Waals surface area contributed by atoms with Crippen molar-refractivity contribution < 1.29 is 14.8 Å². The van der Waals surface area contributed by atoms with E-state index in [4.69, 9.17) is 4.74 Å². The highest BCUT2D eigenvalue weighted by Crippen LogP contribution is 2.29. The van der Waals surface area contributed by atoms with Gasteiger partial charge in [-0.3, -0.25) is 15.0 Å². The summed E-state index contributed by atoms with van der Waals surface area (Å²) in [6.45, 7) is 2.37. The number of nitro benzene ring substituents is 1. The lowest BCUT2D eigenvalue weighted by molar-refractivity contribution is -0.385. The van der Waals surface area contributed by atoms with Crippen molar-refractivity contribution in [1.29, 1.82) is 0 Å². The van der Waals surface area contributed by atoms with Crippen LogP contribution < -0.4 is 4.74 Å². The number of likely N-dealkylation sites (N-methyl/N-ethyl adjacent to an activating group) is 1. The van der Waals surface area contributed by atoms with Crippen molar-refractivity contribution in [3.8, 4) is 5.75 Å². The fourth-order valence-electron chi connectivity index (χ4n) is 2.63. The van der Waals surface area contributed by atoms with Crippen molar-refractivity contribution in [3.63, 3.8) is 0 Å². The van der Waals surface area contributed by atoms with Crippen LogP contribution in [-0.4, -0.2) is 35.6 Å². The van der Waals surface area contributed by atoms with Crippen LogP contribution in [0.4, 0.5) is 5.69 Å². The van der Waals surface area contributed by atoms with Crippen molar-refractivity contribution in [2.45, 2.75) is 19.1 Å². The third-order valence-corrected chi connectivity index (χ3v) is 4.18. The molecule has 0 aliphatic carbocycles. The van der Waals surface area contributed by atoms with Crippen LogP contribution in [0.3, 0.4) is 0 Å². The van der Waals surface area contributed by atoms with E-state index < -0.39 is 11.0 Å². The quantitative estimate of drug-likeness (QED) is 0.622. The van der Waals surface area contributed by atoms with Crippen molar-refractivity contribution >= 4 is 5.69 Å². The summed E-state index contributed by atoms with van der Waals surface area (Å²) in [4.78, 5) is 12.4. The second-order valence-corrected chi connectivity index (χ2v) is 5.73. The third-order valence-electron chi connectivity index (χ3n) is 4.18. The summed E-state index contributed by atoms with van der Waals surface area (Å²) in [7, 11) is 3.53. The molecule has 0 bridgehead atoms. The molecule has 0 aromatic heterocycles. The van der Waals surface area contributed by atoms with Gasteiger partial charge in [0, 0.05) is 30.3 Å². The molecule has 0 amide bonds. The highest BCUT2D eigenvalue weighted by Gasteiger charge is 2.20. The van der Waals surface area contributed by atoms with E-state index in [2.05, 4.69) is 0 Å². The zero-order valence-electron chi connectivity index (χ0n) is 14.0. The second-order valence-electron chi connectivity index (χ2n) is 5.73. The van der Waals surface area contributed by atoms with Crippen LogP contribution in [0.2, 0.25) is 0 Å². The minimum atomic E-state index is -0.813. The van der Waals surface area contributed by atoms with E-state index in [0.717, 1.165) is 11.3 Å². The zero-order chi connectivity index (χ0) is 17.7. The number of benzene rings is 2. The molecule has 0 aliphatic heterocycles. The Hall–Kier alpha value is -2.44. The Morgan fingerprint density at radius 1 is 1.25 bits per heavy atom. The highest BCUT2D eigenvalue weighted by molar-refractivity contribution is 5.36. The molecule has 2 aromatic rings. The normalized spacial score (nSPS) is 13.5. The summed E-state index contributed by atoms with van der Waals surface area (Å²) >= 11 is 0. The summed E-state index contributed by atoms with van der Waals surface area (Å²) in [6.07, 6.45) is -0.813. The van der Waals surface area contributed by atoms with Gasteiger partial charge >= 0.3 is 0 Å². The van der Waals surface area contributed by atoms with Gasteiger partial charge in [0.1, 0.15) is 5.75 Å². The molecule has 0 heterocycles. The molecule has 2 rings (SSSR count). The van der Waals surface area contributed by atoms with Crippen LogP contribution >= 0.6 is 0 Å². The molecule has 0 radical (unpaired) electrons. The number of methoxy groups -OCH3 is 1. The van der Waals surface area contributed by atoms with E-state index in [0.29, 0.717) is 12.1 Å². The fraction of sp³-hybridized carbons (Fsp3) is 0.333. The lowest BCUT2D eigenvalue weighted by Crippen LogP contribution is -2.28. The van der Waals surface area contributed by atoms with Crippen LogP contribution in [0.5, 0.6) is 5.75 Å². The summed E-state index contributed by atoms with van der Waals surface area (Å²) in [5, 5.41) is 21.3. The van der Waals surface area contributed by atoms with Crippen LogP contribution in [0, 0.1) is 10.1 Å². The average molecular weight is 330 g/mol. The molecular weight excluding hydrogens is 308 g/mol. The molecular formula is C18H22N2O4. The van der Waals surface area contributed by atoms with Crippen LogP contribution in [0.1, 0.15) is 30.2 Å². The van der Waals surface area contributed by atoms with Crippen molar-refractivity contribution in [2.75, 3.05) is 20.7 Å². The van der Waals surface area contributed by atoms with Gasteiger partial charge in [-0.05, 0) is 25.6 Å². The highest BCUT2D eigenvalue weighted by atomic mass is 16.6. The average Bonchev–Trinajstić information content (AvgIpc) is 2.60. The summed E-state index contributed by atoms with van der Waals surface area (Å²) in [5.74, 6) is 0.793. The molecule has 24 heavy (non-hydrogen) atoms. The summed E-state index contributed by atoms with van der Waals surface area (Å²) in [5.41, 5.74) is 1.53. The second kappa shape index (κ2) is 7.90. The standard InChI is InChI=1S/C18H22N2O4/c1-13(16-9-4-5-10-18(16)24-3)19(2)12-17(21)14-7-6-8-15(11-14)20(22)23/h4-11,13,17,21H,12H2,1-3H3/t13-,17-/m1/s1. The number of hydrogen-bond acceptors (Lipinski definition) is 5. The molecule has 1 N–H and O–H groups in total.